The van der Waals surface area contributed by atoms with Gasteiger partial charge < -0.3 is 4.74 Å². The molecular formula is C9H5ClFNO2. The van der Waals surface area contributed by atoms with E-state index in [9.17, 15) is 9.18 Å². The summed E-state index contributed by atoms with van der Waals surface area (Å²) in [6.07, 6.45) is 0. The molecule has 0 fully saturated rings. The highest BCUT2D eigenvalue weighted by atomic mass is 35.5. The lowest BCUT2D eigenvalue weighted by Gasteiger charge is -2.03. The maximum absolute atomic E-state index is 13.2. The number of halogens is 2. The van der Waals surface area contributed by atoms with Crippen molar-refractivity contribution in [3.05, 3.63) is 34.1 Å². The average molecular weight is 214 g/mol. The van der Waals surface area contributed by atoms with Gasteiger partial charge in [-0.3, -0.25) is 0 Å². The van der Waals surface area contributed by atoms with Crippen molar-refractivity contribution in [2.75, 3.05) is 7.11 Å². The molecule has 0 atom stereocenters. The number of hydrogen-bond acceptors (Lipinski definition) is 3. The van der Waals surface area contributed by atoms with Crippen LogP contribution in [-0.4, -0.2) is 13.1 Å². The molecule has 0 radical (unpaired) electrons. The Kier molecular flexibility index (Phi) is 3.05. The van der Waals surface area contributed by atoms with Gasteiger partial charge in [0.1, 0.15) is 11.4 Å². The topological polar surface area (TPSA) is 50.1 Å². The molecule has 0 heterocycles. The summed E-state index contributed by atoms with van der Waals surface area (Å²) in [4.78, 5) is 11.0. The normalized spacial score (nSPS) is 9.29. The Balaban J connectivity index is 3.34. The second-order valence-electron chi connectivity index (χ2n) is 2.42. The third-order valence-corrected chi connectivity index (χ3v) is 1.86. The van der Waals surface area contributed by atoms with E-state index in [2.05, 4.69) is 4.74 Å². The lowest BCUT2D eigenvalue weighted by atomic mass is 10.1. The molecule has 0 N–H and O–H groups in total. The zero-order valence-electron chi connectivity index (χ0n) is 7.17. The predicted octanol–water partition coefficient (Wildman–Crippen LogP) is 2.14. The number of ether oxygens (including phenoxy) is 1. The molecule has 0 aliphatic carbocycles. The molecule has 0 aromatic heterocycles. The first-order chi connectivity index (χ1) is 6.60. The molecule has 0 spiro atoms. The summed E-state index contributed by atoms with van der Waals surface area (Å²) in [6, 6.07) is 3.85. The van der Waals surface area contributed by atoms with E-state index in [-0.39, 0.29) is 16.1 Å². The van der Waals surface area contributed by atoms with Gasteiger partial charge in [0.15, 0.2) is 0 Å². The Morgan fingerprint density at radius 1 is 1.64 bits per heavy atom. The van der Waals surface area contributed by atoms with Crippen molar-refractivity contribution in [1.29, 1.82) is 5.26 Å². The molecule has 72 valence electrons. The van der Waals surface area contributed by atoms with Crippen molar-refractivity contribution in [3.8, 4) is 6.07 Å². The van der Waals surface area contributed by atoms with Crippen molar-refractivity contribution >= 4 is 17.6 Å². The van der Waals surface area contributed by atoms with E-state index in [1.165, 1.54) is 6.07 Å². The van der Waals surface area contributed by atoms with Gasteiger partial charge in [0, 0.05) is 0 Å². The first-order valence-corrected chi connectivity index (χ1v) is 3.95. The number of esters is 1. The SMILES string of the molecule is COC(=O)c1c(F)cc(C#N)cc1Cl. The fourth-order valence-corrected chi connectivity index (χ4v) is 1.22. The number of methoxy groups -OCH3 is 1. The summed E-state index contributed by atoms with van der Waals surface area (Å²) in [7, 11) is 1.12. The zero-order chi connectivity index (χ0) is 10.7. The first kappa shape index (κ1) is 10.5. The zero-order valence-corrected chi connectivity index (χ0v) is 7.93. The van der Waals surface area contributed by atoms with Gasteiger partial charge in [-0.1, -0.05) is 11.6 Å². The highest BCUT2D eigenvalue weighted by Gasteiger charge is 2.17. The lowest BCUT2D eigenvalue weighted by Crippen LogP contribution is -2.05. The third kappa shape index (κ3) is 1.83. The van der Waals surface area contributed by atoms with E-state index in [4.69, 9.17) is 16.9 Å². The highest BCUT2D eigenvalue weighted by molar-refractivity contribution is 6.33. The fourth-order valence-electron chi connectivity index (χ4n) is 0.935. The fraction of sp³-hybridized carbons (Fsp3) is 0.111. The third-order valence-electron chi connectivity index (χ3n) is 1.56. The van der Waals surface area contributed by atoms with Gasteiger partial charge in [-0.05, 0) is 12.1 Å². The molecule has 0 saturated heterocycles. The van der Waals surface area contributed by atoms with Crippen molar-refractivity contribution in [1.82, 2.24) is 0 Å². The quantitative estimate of drug-likeness (QED) is 0.672. The van der Waals surface area contributed by atoms with Crippen LogP contribution in [0, 0.1) is 17.1 Å². The summed E-state index contributed by atoms with van der Waals surface area (Å²) in [5.74, 6) is -1.72. The monoisotopic (exact) mass is 213 g/mol. The maximum Gasteiger partial charge on any atom is 0.342 e. The van der Waals surface area contributed by atoms with Crippen molar-refractivity contribution < 1.29 is 13.9 Å². The van der Waals surface area contributed by atoms with Crippen molar-refractivity contribution in [2.24, 2.45) is 0 Å². The van der Waals surface area contributed by atoms with Crippen molar-refractivity contribution in [2.45, 2.75) is 0 Å². The standard InChI is InChI=1S/C9H5ClFNO2/c1-14-9(13)8-6(10)2-5(4-12)3-7(8)11/h2-3H,1H3. The van der Waals surface area contributed by atoms with Gasteiger partial charge in [0.2, 0.25) is 0 Å². The van der Waals surface area contributed by atoms with E-state index in [0.717, 1.165) is 13.2 Å². The summed E-state index contributed by atoms with van der Waals surface area (Å²) < 4.78 is 17.5. The molecule has 5 heteroatoms. The molecule has 0 bridgehead atoms. The van der Waals surface area contributed by atoms with Crippen LogP contribution in [0.25, 0.3) is 0 Å². The number of nitriles is 1. The molecule has 14 heavy (non-hydrogen) atoms. The van der Waals surface area contributed by atoms with Crippen LogP contribution in [0.5, 0.6) is 0 Å². The van der Waals surface area contributed by atoms with E-state index in [1.807, 2.05) is 0 Å². The molecule has 1 rings (SSSR count). The van der Waals surface area contributed by atoms with Crippen LogP contribution in [0.1, 0.15) is 15.9 Å². The Morgan fingerprint density at radius 2 is 2.29 bits per heavy atom. The van der Waals surface area contributed by atoms with E-state index in [1.54, 1.807) is 6.07 Å². The van der Waals surface area contributed by atoms with Crippen LogP contribution in [-0.2, 0) is 4.74 Å². The minimum Gasteiger partial charge on any atom is -0.465 e. The van der Waals surface area contributed by atoms with Crippen molar-refractivity contribution in [3.63, 3.8) is 0 Å². The van der Waals surface area contributed by atoms with E-state index < -0.39 is 11.8 Å². The van der Waals surface area contributed by atoms with Gasteiger partial charge in [0.25, 0.3) is 0 Å². The van der Waals surface area contributed by atoms with Gasteiger partial charge in [-0.25, -0.2) is 9.18 Å². The van der Waals surface area contributed by atoms with Crippen LogP contribution in [0.3, 0.4) is 0 Å². The number of rotatable bonds is 1. The maximum atomic E-state index is 13.2. The molecular weight excluding hydrogens is 209 g/mol. The number of benzene rings is 1. The highest BCUT2D eigenvalue weighted by Crippen LogP contribution is 2.21. The number of carbonyl (C=O) groups is 1. The molecule has 1 aromatic carbocycles. The minimum atomic E-state index is -0.864. The molecule has 3 nitrogen and oxygen atoms in total. The van der Waals surface area contributed by atoms with E-state index in [0.29, 0.717) is 0 Å². The van der Waals surface area contributed by atoms with Crippen LogP contribution in [0.15, 0.2) is 12.1 Å². The summed E-state index contributed by atoms with van der Waals surface area (Å²) in [5.41, 5.74) is -0.298. The van der Waals surface area contributed by atoms with Crippen LogP contribution in [0.2, 0.25) is 5.02 Å². The average Bonchev–Trinajstić information content (AvgIpc) is 2.16. The Bertz CT molecular complexity index is 402. The largest absolute Gasteiger partial charge is 0.465 e. The molecule has 0 unspecified atom stereocenters. The lowest BCUT2D eigenvalue weighted by molar-refractivity contribution is 0.0595. The molecule has 0 aliphatic rings. The Labute approximate surface area is 84.7 Å². The second-order valence-corrected chi connectivity index (χ2v) is 2.83. The summed E-state index contributed by atoms with van der Waals surface area (Å²) in [6.45, 7) is 0. The van der Waals surface area contributed by atoms with Gasteiger partial charge in [-0.15, -0.1) is 0 Å². The number of hydrogen-bond donors (Lipinski definition) is 0. The van der Waals surface area contributed by atoms with Crippen LogP contribution < -0.4 is 0 Å². The minimum absolute atomic E-state index is 0.0557. The number of nitrogens with zero attached hydrogens (tertiary/aromatic N) is 1. The molecule has 0 aliphatic heterocycles. The summed E-state index contributed by atoms with van der Waals surface area (Å²) >= 11 is 5.60. The van der Waals surface area contributed by atoms with Crippen LogP contribution >= 0.6 is 11.6 Å². The van der Waals surface area contributed by atoms with Gasteiger partial charge in [0.05, 0.1) is 23.8 Å². The number of carbonyl (C=O) groups excluding carboxylic acids is 1. The van der Waals surface area contributed by atoms with Gasteiger partial charge >= 0.3 is 5.97 Å². The van der Waals surface area contributed by atoms with Gasteiger partial charge in [-0.2, -0.15) is 5.26 Å². The summed E-state index contributed by atoms with van der Waals surface area (Å²) in [5, 5.41) is 8.35. The molecule has 0 saturated carbocycles. The first-order valence-electron chi connectivity index (χ1n) is 3.57. The second kappa shape index (κ2) is 4.07. The Hall–Kier alpha value is -1.60. The Morgan fingerprint density at radius 3 is 2.71 bits per heavy atom. The smallest absolute Gasteiger partial charge is 0.342 e. The van der Waals surface area contributed by atoms with Crippen LogP contribution in [0.4, 0.5) is 4.39 Å². The molecule has 0 amide bonds. The molecule has 1 aromatic rings. The van der Waals surface area contributed by atoms with E-state index >= 15 is 0 Å². The predicted molar refractivity (Wildman–Crippen MR) is 47.5 cm³/mol.